The molecule has 2 aromatic rings. The van der Waals surface area contributed by atoms with Crippen LogP contribution in [0.5, 0.6) is 5.75 Å². The lowest BCUT2D eigenvalue weighted by Gasteiger charge is -2.16. The van der Waals surface area contributed by atoms with Gasteiger partial charge in [0.1, 0.15) is 5.75 Å². The largest absolute Gasteiger partial charge is 0.494 e. The van der Waals surface area contributed by atoms with E-state index in [-0.39, 0.29) is 29.9 Å². The molecule has 0 bridgehead atoms. The minimum Gasteiger partial charge on any atom is -0.494 e. The summed E-state index contributed by atoms with van der Waals surface area (Å²) in [5.41, 5.74) is 1.15. The van der Waals surface area contributed by atoms with Crippen LogP contribution in [0.15, 0.2) is 42.5 Å². The van der Waals surface area contributed by atoms with Gasteiger partial charge in [-0.1, -0.05) is 29.8 Å². The maximum Gasteiger partial charge on any atom is 0.273 e. The maximum absolute atomic E-state index is 12.1. The fourth-order valence-electron chi connectivity index (χ4n) is 2.27. The molecule has 0 aliphatic carbocycles. The number of ether oxygens (including phenoxy) is 1. The molecule has 0 heterocycles. The van der Waals surface area contributed by atoms with Gasteiger partial charge in [-0.2, -0.15) is 0 Å². The van der Waals surface area contributed by atoms with Gasteiger partial charge in [-0.3, -0.25) is 14.9 Å². The number of benzene rings is 2. The predicted octanol–water partition coefficient (Wildman–Crippen LogP) is 3.55. The molecule has 0 saturated heterocycles. The van der Waals surface area contributed by atoms with Crippen LogP contribution in [0.25, 0.3) is 0 Å². The van der Waals surface area contributed by atoms with Crippen molar-refractivity contribution in [3.05, 3.63) is 63.2 Å². The van der Waals surface area contributed by atoms with Crippen molar-refractivity contribution in [2.75, 3.05) is 19.0 Å². The Morgan fingerprint density at radius 1 is 1.32 bits per heavy atom. The number of amides is 1. The number of halogens is 1. The molecule has 0 spiro atoms. The Labute approximate surface area is 150 Å². The van der Waals surface area contributed by atoms with E-state index in [1.165, 1.54) is 25.3 Å². The first-order valence-corrected chi connectivity index (χ1v) is 7.90. The van der Waals surface area contributed by atoms with Crippen molar-refractivity contribution >= 4 is 28.9 Å². The molecule has 0 saturated carbocycles. The summed E-state index contributed by atoms with van der Waals surface area (Å²) in [5, 5.41) is 17.2. The Balaban J connectivity index is 1.98. The van der Waals surface area contributed by atoms with Crippen LogP contribution in [0.2, 0.25) is 5.02 Å². The van der Waals surface area contributed by atoms with Crippen molar-refractivity contribution in [3.8, 4) is 5.75 Å². The van der Waals surface area contributed by atoms with Crippen molar-refractivity contribution in [1.82, 2.24) is 5.32 Å². The maximum atomic E-state index is 12.1. The molecular weight excluding hydrogens is 346 g/mol. The normalized spacial score (nSPS) is 11.6. The van der Waals surface area contributed by atoms with Crippen molar-refractivity contribution in [3.63, 3.8) is 0 Å². The summed E-state index contributed by atoms with van der Waals surface area (Å²) in [6.45, 7) is 1.95. The van der Waals surface area contributed by atoms with Gasteiger partial charge < -0.3 is 15.4 Å². The molecule has 0 aromatic heterocycles. The lowest BCUT2D eigenvalue weighted by Crippen LogP contribution is -2.30. The van der Waals surface area contributed by atoms with Crippen molar-refractivity contribution < 1.29 is 14.5 Å². The summed E-state index contributed by atoms with van der Waals surface area (Å²) in [6, 6.07) is 11.3. The molecule has 2 N–H and O–H groups in total. The summed E-state index contributed by atoms with van der Waals surface area (Å²) in [7, 11) is 1.38. The van der Waals surface area contributed by atoms with Gasteiger partial charge in [0.05, 0.1) is 30.3 Å². The van der Waals surface area contributed by atoms with Crippen molar-refractivity contribution in [2.24, 2.45) is 0 Å². The highest BCUT2D eigenvalue weighted by Crippen LogP contribution is 2.29. The Morgan fingerprint density at radius 2 is 2.04 bits per heavy atom. The van der Waals surface area contributed by atoms with Gasteiger partial charge in [-0.25, -0.2) is 0 Å². The molecule has 132 valence electrons. The number of anilines is 1. The van der Waals surface area contributed by atoms with Crippen LogP contribution in [0, 0.1) is 10.1 Å². The predicted molar refractivity (Wildman–Crippen MR) is 96.1 cm³/mol. The standard InChI is InChI=1S/C17H18ClN3O4/c1-11(13-5-3-4-6-14(13)18)19-10-17(22)20-15-8-7-12(21(23)24)9-16(15)25-2/h3-9,11,19H,10H2,1-2H3,(H,20,22)/t11-/m0/s1. The van der Waals surface area contributed by atoms with Crippen molar-refractivity contribution in [1.29, 1.82) is 0 Å². The van der Waals surface area contributed by atoms with Crippen LogP contribution in [-0.4, -0.2) is 24.5 Å². The van der Waals surface area contributed by atoms with Crippen LogP contribution < -0.4 is 15.4 Å². The number of methoxy groups -OCH3 is 1. The molecule has 1 amide bonds. The zero-order valence-electron chi connectivity index (χ0n) is 13.8. The number of carbonyl (C=O) groups excluding carboxylic acids is 1. The summed E-state index contributed by atoms with van der Waals surface area (Å²) in [4.78, 5) is 22.4. The van der Waals surface area contributed by atoms with Gasteiger partial charge in [-0.05, 0) is 24.6 Å². The number of rotatable bonds is 7. The molecule has 2 rings (SSSR count). The molecule has 0 unspecified atom stereocenters. The molecule has 7 nitrogen and oxygen atoms in total. The molecule has 25 heavy (non-hydrogen) atoms. The minimum absolute atomic E-state index is 0.0481. The first kappa shape index (κ1) is 18.7. The van der Waals surface area contributed by atoms with Gasteiger partial charge >= 0.3 is 0 Å². The van der Waals surface area contributed by atoms with Crippen molar-refractivity contribution in [2.45, 2.75) is 13.0 Å². The van der Waals surface area contributed by atoms with Gasteiger partial charge in [0.25, 0.3) is 5.69 Å². The van der Waals surface area contributed by atoms with E-state index in [9.17, 15) is 14.9 Å². The first-order chi connectivity index (χ1) is 11.9. The second kappa shape index (κ2) is 8.46. The number of nitro groups is 1. The summed E-state index contributed by atoms with van der Waals surface area (Å²) in [5.74, 6) is -0.0761. The summed E-state index contributed by atoms with van der Waals surface area (Å²) in [6.07, 6.45) is 0. The zero-order valence-corrected chi connectivity index (χ0v) is 14.5. The third-order valence-electron chi connectivity index (χ3n) is 3.61. The van der Waals surface area contributed by atoms with E-state index in [1.807, 2.05) is 25.1 Å². The molecule has 1 atom stereocenters. The van der Waals surface area contributed by atoms with Crippen LogP contribution in [0.1, 0.15) is 18.5 Å². The summed E-state index contributed by atoms with van der Waals surface area (Å²) < 4.78 is 5.09. The Kier molecular flexibility index (Phi) is 6.32. The molecule has 0 radical (unpaired) electrons. The molecule has 0 aliphatic heterocycles. The Hall–Kier alpha value is -2.64. The number of nitrogens with zero attached hydrogens (tertiary/aromatic N) is 1. The number of nitrogens with one attached hydrogen (secondary N) is 2. The molecular formula is C17H18ClN3O4. The smallest absolute Gasteiger partial charge is 0.273 e. The van der Waals surface area contributed by atoms with Crippen LogP contribution >= 0.6 is 11.6 Å². The van der Waals surface area contributed by atoms with Crippen LogP contribution in [-0.2, 0) is 4.79 Å². The number of hydrogen-bond donors (Lipinski definition) is 2. The SMILES string of the molecule is COc1cc([N+](=O)[O-])ccc1NC(=O)CN[C@@H](C)c1ccccc1Cl. The fourth-order valence-corrected chi connectivity index (χ4v) is 2.57. The molecule has 0 fully saturated rings. The highest BCUT2D eigenvalue weighted by Gasteiger charge is 2.14. The zero-order chi connectivity index (χ0) is 18.4. The Bertz CT molecular complexity index is 782. The number of hydrogen-bond acceptors (Lipinski definition) is 5. The Morgan fingerprint density at radius 3 is 2.68 bits per heavy atom. The van der Waals surface area contributed by atoms with Crippen LogP contribution in [0.3, 0.4) is 0 Å². The van der Waals surface area contributed by atoms with Gasteiger partial charge in [0.2, 0.25) is 5.91 Å². The second-order valence-electron chi connectivity index (χ2n) is 5.31. The van der Waals surface area contributed by atoms with Gasteiger partial charge in [0, 0.05) is 17.1 Å². The third kappa shape index (κ3) is 4.91. The minimum atomic E-state index is -0.527. The second-order valence-corrected chi connectivity index (χ2v) is 5.72. The molecule has 8 heteroatoms. The van der Waals surface area contributed by atoms with Gasteiger partial charge in [0.15, 0.2) is 0 Å². The monoisotopic (exact) mass is 363 g/mol. The highest BCUT2D eigenvalue weighted by molar-refractivity contribution is 6.31. The van der Waals surface area contributed by atoms with E-state index >= 15 is 0 Å². The number of non-ortho nitro benzene ring substituents is 1. The first-order valence-electron chi connectivity index (χ1n) is 7.52. The van der Waals surface area contributed by atoms with E-state index < -0.39 is 4.92 Å². The number of carbonyl (C=O) groups is 1. The lowest BCUT2D eigenvalue weighted by atomic mass is 10.1. The van der Waals surface area contributed by atoms with E-state index in [0.717, 1.165) is 5.56 Å². The van der Waals surface area contributed by atoms with Crippen LogP contribution in [0.4, 0.5) is 11.4 Å². The third-order valence-corrected chi connectivity index (χ3v) is 3.95. The summed E-state index contributed by atoms with van der Waals surface area (Å²) >= 11 is 6.13. The molecule has 0 aliphatic rings. The van der Waals surface area contributed by atoms with E-state index in [0.29, 0.717) is 10.7 Å². The quantitative estimate of drug-likeness (QED) is 0.579. The molecule has 2 aromatic carbocycles. The highest BCUT2D eigenvalue weighted by atomic mass is 35.5. The topological polar surface area (TPSA) is 93.5 Å². The average Bonchev–Trinajstić information content (AvgIpc) is 2.60. The fraction of sp³-hybridized carbons (Fsp3) is 0.235. The van der Waals surface area contributed by atoms with E-state index in [1.54, 1.807) is 6.07 Å². The van der Waals surface area contributed by atoms with E-state index in [4.69, 9.17) is 16.3 Å². The van der Waals surface area contributed by atoms with Gasteiger partial charge in [-0.15, -0.1) is 0 Å². The number of nitro benzene ring substituents is 1. The lowest BCUT2D eigenvalue weighted by molar-refractivity contribution is -0.384. The van der Waals surface area contributed by atoms with E-state index in [2.05, 4.69) is 10.6 Å². The average molecular weight is 364 g/mol.